The molecule has 1 saturated carbocycles. The van der Waals surface area contributed by atoms with Gasteiger partial charge in [-0.2, -0.15) is 11.8 Å². The van der Waals surface area contributed by atoms with Gasteiger partial charge in [-0.3, -0.25) is 4.79 Å². The fourth-order valence-electron chi connectivity index (χ4n) is 2.49. The molecular formula is C16H22OS. The molecule has 18 heavy (non-hydrogen) atoms. The standard InChI is InChI=1S/C16H22OS/c1-12-7-9-15(10-8-12)16(17)13(2)18-11-14-5-3-4-6-14/h7-10,13-14H,3-6,11H2,1-2H3. The van der Waals surface area contributed by atoms with Crippen LogP contribution in [0.4, 0.5) is 0 Å². The summed E-state index contributed by atoms with van der Waals surface area (Å²) in [4.78, 5) is 12.2. The number of carbonyl (C=O) groups is 1. The van der Waals surface area contributed by atoms with Gasteiger partial charge in [-0.15, -0.1) is 0 Å². The molecule has 0 aliphatic heterocycles. The van der Waals surface area contributed by atoms with Crippen molar-refractivity contribution in [1.29, 1.82) is 0 Å². The van der Waals surface area contributed by atoms with Crippen LogP contribution in [0.2, 0.25) is 0 Å². The summed E-state index contributed by atoms with van der Waals surface area (Å²) < 4.78 is 0. The number of rotatable bonds is 5. The van der Waals surface area contributed by atoms with Crippen molar-refractivity contribution in [3.05, 3.63) is 35.4 Å². The van der Waals surface area contributed by atoms with E-state index in [9.17, 15) is 4.79 Å². The zero-order chi connectivity index (χ0) is 13.0. The molecule has 1 aromatic rings. The topological polar surface area (TPSA) is 17.1 Å². The van der Waals surface area contributed by atoms with Crippen molar-refractivity contribution in [3.8, 4) is 0 Å². The van der Waals surface area contributed by atoms with Crippen molar-refractivity contribution >= 4 is 17.5 Å². The summed E-state index contributed by atoms with van der Waals surface area (Å²) in [5.41, 5.74) is 2.06. The second-order valence-electron chi connectivity index (χ2n) is 5.36. The van der Waals surface area contributed by atoms with Crippen LogP contribution in [0, 0.1) is 12.8 Å². The highest BCUT2D eigenvalue weighted by atomic mass is 32.2. The number of Topliss-reactive ketones (excluding diaryl/α,β-unsaturated/α-hetero) is 1. The maximum atomic E-state index is 12.2. The SMILES string of the molecule is Cc1ccc(C(=O)C(C)SCC2CCCC2)cc1. The molecular weight excluding hydrogens is 240 g/mol. The predicted molar refractivity (Wildman–Crippen MR) is 79.4 cm³/mol. The lowest BCUT2D eigenvalue weighted by atomic mass is 10.1. The number of ketones is 1. The minimum atomic E-state index is 0.0910. The molecule has 1 aliphatic rings. The summed E-state index contributed by atoms with van der Waals surface area (Å²) in [5, 5.41) is 0.0910. The fourth-order valence-corrected chi connectivity index (χ4v) is 3.67. The summed E-state index contributed by atoms with van der Waals surface area (Å²) in [7, 11) is 0. The Morgan fingerprint density at radius 3 is 2.50 bits per heavy atom. The zero-order valence-corrected chi connectivity index (χ0v) is 12.1. The Balaban J connectivity index is 1.85. The normalized spacial score (nSPS) is 17.9. The van der Waals surface area contributed by atoms with Crippen molar-refractivity contribution in [2.45, 2.75) is 44.8 Å². The van der Waals surface area contributed by atoms with E-state index in [2.05, 4.69) is 0 Å². The van der Waals surface area contributed by atoms with Gasteiger partial charge in [-0.1, -0.05) is 42.7 Å². The number of hydrogen-bond donors (Lipinski definition) is 0. The van der Waals surface area contributed by atoms with Gasteiger partial charge in [0.15, 0.2) is 5.78 Å². The lowest BCUT2D eigenvalue weighted by Crippen LogP contribution is -2.15. The second kappa shape index (κ2) is 6.42. The summed E-state index contributed by atoms with van der Waals surface area (Å²) in [6.45, 7) is 4.09. The highest BCUT2D eigenvalue weighted by molar-refractivity contribution is 8.00. The quantitative estimate of drug-likeness (QED) is 0.727. The third kappa shape index (κ3) is 3.61. The van der Waals surface area contributed by atoms with Crippen LogP contribution in [0.15, 0.2) is 24.3 Å². The van der Waals surface area contributed by atoms with Gasteiger partial charge >= 0.3 is 0 Å². The van der Waals surface area contributed by atoms with E-state index in [1.165, 1.54) is 31.2 Å². The molecule has 98 valence electrons. The van der Waals surface area contributed by atoms with Crippen LogP contribution < -0.4 is 0 Å². The second-order valence-corrected chi connectivity index (χ2v) is 6.73. The maximum Gasteiger partial charge on any atom is 0.175 e. The van der Waals surface area contributed by atoms with Crippen LogP contribution >= 0.6 is 11.8 Å². The average Bonchev–Trinajstić information content (AvgIpc) is 2.89. The molecule has 0 radical (unpaired) electrons. The molecule has 1 nitrogen and oxygen atoms in total. The maximum absolute atomic E-state index is 12.2. The van der Waals surface area contributed by atoms with E-state index < -0.39 is 0 Å². The monoisotopic (exact) mass is 262 g/mol. The molecule has 1 aromatic carbocycles. The van der Waals surface area contributed by atoms with Crippen molar-refractivity contribution < 1.29 is 4.79 Å². The van der Waals surface area contributed by atoms with Gasteiger partial charge in [-0.25, -0.2) is 0 Å². The summed E-state index contributed by atoms with van der Waals surface area (Å²) in [6.07, 6.45) is 5.48. The molecule has 2 heteroatoms. The van der Waals surface area contributed by atoms with Gasteiger partial charge in [0.1, 0.15) is 0 Å². The van der Waals surface area contributed by atoms with Crippen LogP contribution in [-0.4, -0.2) is 16.8 Å². The molecule has 0 spiro atoms. The Morgan fingerprint density at radius 1 is 1.28 bits per heavy atom. The van der Waals surface area contributed by atoms with Crippen LogP contribution in [0.1, 0.15) is 48.5 Å². The average molecular weight is 262 g/mol. The molecule has 0 amide bonds. The van der Waals surface area contributed by atoms with E-state index in [1.54, 1.807) is 0 Å². The van der Waals surface area contributed by atoms with Crippen molar-refractivity contribution in [2.75, 3.05) is 5.75 Å². The van der Waals surface area contributed by atoms with Crippen LogP contribution in [-0.2, 0) is 0 Å². The first-order valence-electron chi connectivity index (χ1n) is 6.89. The summed E-state index contributed by atoms with van der Waals surface area (Å²) in [6, 6.07) is 7.93. The number of carbonyl (C=O) groups excluding carboxylic acids is 1. The molecule has 0 saturated heterocycles. The fraction of sp³-hybridized carbons (Fsp3) is 0.562. The van der Waals surface area contributed by atoms with Gasteiger partial charge in [0.2, 0.25) is 0 Å². The molecule has 1 aliphatic carbocycles. The number of aryl methyl sites for hydroxylation is 1. The first-order chi connectivity index (χ1) is 8.66. The van der Waals surface area contributed by atoms with E-state index >= 15 is 0 Å². The van der Waals surface area contributed by atoms with Gasteiger partial charge < -0.3 is 0 Å². The van der Waals surface area contributed by atoms with Crippen molar-refractivity contribution in [1.82, 2.24) is 0 Å². The van der Waals surface area contributed by atoms with E-state index in [4.69, 9.17) is 0 Å². The first-order valence-corrected chi connectivity index (χ1v) is 7.94. The first kappa shape index (κ1) is 13.7. The number of hydrogen-bond acceptors (Lipinski definition) is 2. The Labute approximate surface area is 114 Å². The Morgan fingerprint density at radius 2 is 1.89 bits per heavy atom. The number of thioether (sulfide) groups is 1. The van der Waals surface area contributed by atoms with Gasteiger partial charge in [-0.05, 0) is 38.4 Å². The highest BCUT2D eigenvalue weighted by Gasteiger charge is 2.20. The Hall–Kier alpha value is -0.760. The van der Waals surface area contributed by atoms with E-state index in [0.29, 0.717) is 0 Å². The van der Waals surface area contributed by atoms with Crippen LogP contribution in [0.25, 0.3) is 0 Å². The molecule has 0 heterocycles. The summed E-state index contributed by atoms with van der Waals surface area (Å²) in [5.74, 6) is 2.28. The molecule has 0 bridgehead atoms. The van der Waals surface area contributed by atoms with Gasteiger partial charge in [0, 0.05) is 5.56 Å². The Bertz CT molecular complexity index is 390. The number of benzene rings is 1. The van der Waals surface area contributed by atoms with Crippen molar-refractivity contribution in [3.63, 3.8) is 0 Å². The third-order valence-corrected chi connectivity index (χ3v) is 5.14. The molecule has 0 N–H and O–H groups in total. The molecule has 0 aromatic heterocycles. The smallest absolute Gasteiger partial charge is 0.175 e. The van der Waals surface area contributed by atoms with E-state index in [0.717, 1.165) is 17.2 Å². The minimum absolute atomic E-state index is 0.0910. The van der Waals surface area contributed by atoms with Gasteiger partial charge in [0.25, 0.3) is 0 Å². The molecule has 2 rings (SSSR count). The minimum Gasteiger partial charge on any atom is -0.293 e. The van der Waals surface area contributed by atoms with E-state index in [1.807, 2.05) is 49.9 Å². The van der Waals surface area contributed by atoms with Crippen molar-refractivity contribution in [2.24, 2.45) is 5.92 Å². The largest absolute Gasteiger partial charge is 0.293 e. The zero-order valence-electron chi connectivity index (χ0n) is 11.3. The van der Waals surface area contributed by atoms with Crippen LogP contribution in [0.3, 0.4) is 0 Å². The molecule has 1 fully saturated rings. The Kier molecular flexibility index (Phi) is 4.87. The lowest BCUT2D eigenvalue weighted by molar-refractivity contribution is 0.0994. The van der Waals surface area contributed by atoms with Gasteiger partial charge in [0.05, 0.1) is 5.25 Å². The summed E-state index contributed by atoms with van der Waals surface area (Å²) >= 11 is 1.83. The molecule has 1 unspecified atom stereocenters. The third-order valence-electron chi connectivity index (χ3n) is 3.76. The lowest BCUT2D eigenvalue weighted by Gasteiger charge is -2.13. The van der Waals surface area contributed by atoms with Crippen LogP contribution in [0.5, 0.6) is 0 Å². The van der Waals surface area contributed by atoms with E-state index in [-0.39, 0.29) is 11.0 Å². The predicted octanol–water partition coefficient (Wildman–Crippen LogP) is 4.49. The highest BCUT2D eigenvalue weighted by Crippen LogP contribution is 2.30. The molecule has 1 atom stereocenters.